The number of nitrogens with one attached hydrogen (secondary N) is 1. The van der Waals surface area contributed by atoms with Crippen LogP contribution in [0.15, 0.2) is 71.3 Å². The first-order valence-corrected chi connectivity index (χ1v) is 12.5. The van der Waals surface area contributed by atoms with Crippen molar-refractivity contribution in [1.82, 2.24) is 10.5 Å². The fourth-order valence-corrected chi connectivity index (χ4v) is 4.54. The molecule has 1 amide bonds. The lowest BCUT2D eigenvalue weighted by molar-refractivity contribution is -0.120. The van der Waals surface area contributed by atoms with E-state index in [0.717, 1.165) is 51.4 Å². The maximum Gasteiger partial charge on any atom is 0.225 e. The highest BCUT2D eigenvalue weighted by atomic mass is 35.5. The molecule has 0 aliphatic heterocycles. The maximum absolute atomic E-state index is 13.1. The van der Waals surface area contributed by atoms with Crippen LogP contribution in [0.1, 0.15) is 45.3 Å². The minimum absolute atomic E-state index is 0.0867. The van der Waals surface area contributed by atoms with E-state index in [1.54, 1.807) is 0 Å². The zero-order valence-corrected chi connectivity index (χ0v) is 22.0. The van der Waals surface area contributed by atoms with Gasteiger partial charge in [-0.3, -0.25) is 4.79 Å². The Morgan fingerprint density at radius 3 is 2.31 bits per heavy atom. The predicted octanol–water partition coefficient (Wildman–Crippen LogP) is 6.98. The van der Waals surface area contributed by atoms with Crippen molar-refractivity contribution in [2.75, 3.05) is 6.61 Å². The summed E-state index contributed by atoms with van der Waals surface area (Å²) in [5.41, 5.74) is 5.80. The molecule has 7 heteroatoms. The standard InChI is InChI=1S/C29H28Cl2N2O3/c1-18-16-24(31)10-13-26(18)29(22-6-8-23(30)9-7-22)32-28(34)17-21-4-11-25(12-5-21)35-15-14-27-19(2)33-36-20(27)3/h4-13,16,29H,14-15,17H2,1-3H3,(H,32,34). The molecule has 1 aromatic heterocycles. The molecule has 1 unspecified atom stereocenters. The smallest absolute Gasteiger partial charge is 0.225 e. The van der Waals surface area contributed by atoms with Crippen LogP contribution in [-0.4, -0.2) is 17.7 Å². The zero-order valence-electron chi connectivity index (χ0n) is 20.5. The van der Waals surface area contributed by atoms with E-state index in [1.165, 1.54) is 0 Å². The first-order valence-electron chi connectivity index (χ1n) is 11.7. The minimum atomic E-state index is -0.320. The first kappa shape index (κ1) is 25.8. The number of nitrogens with zero attached hydrogens (tertiary/aromatic N) is 1. The molecular formula is C29H28Cl2N2O3. The first-order chi connectivity index (χ1) is 17.3. The van der Waals surface area contributed by atoms with Gasteiger partial charge < -0.3 is 14.6 Å². The lowest BCUT2D eigenvalue weighted by Crippen LogP contribution is -2.31. The molecule has 5 nitrogen and oxygen atoms in total. The molecule has 0 bridgehead atoms. The molecule has 1 atom stereocenters. The van der Waals surface area contributed by atoms with Gasteiger partial charge in [-0.2, -0.15) is 0 Å². The van der Waals surface area contributed by atoms with Gasteiger partial charge in [-0.05, 0) is 79.4 Å². The summed E-state index contributed by atoms with van der Waals surface area (Å²) in [5, 5.41) is 8.46. The Balaban J connectivity index is 1.40. The van der Waals surface area contributed by atoms with Gasteiger partial charge in [0, 0.05) is 22.0 Å². The van der Waals surface area contributed by atoms with E-state index in [0.29, 0.717) is 16.7 Å². The van der Waals surface area contributed by atoms with E-state index in [9.17, 15) is 4.79 Å². The molecule has 0 fully saturated rings. The Bertz CT molecular complexity index is 1310. The topological polar surface area (TPSA) is 64.4 Å². The summed E-state index contributed by atoms with van der Waals surface area (Å²) in [7, 11) is 0. The fourth-order valence-electron chi connectivity index (χ4n) is 4.19. The Kier molecular flexibility index (Phi) is 8.34. The van der Waals surface area contributed by atoms with E-state index in [1.807, 2.05) is 87.5 Å². The average molecular weight is 523 g/mol. The molecule has 0 saturated carbocycles. The summed E-state index contributed by atoms with van der Waals surface area (Å²) in [6.07, 6.45) is 0.970. The number of hydrogen-bond donors (Lipinski definition) is 1. The lowest BCUT2D eigenvalue weighted by atomic mass is 9.94. The molecule has 0 aliphatic carbocycles. The molecule has 1 N–H and O–H groups in total. The third-order valence-electron chi connectivity index (χ3n) is 6.14. The van der Waals surface area contributed by atoms with Crippen LogP contribution in [0, 0.1) is 20.8 Å². The van der Waals surface area contributed by atoms with Crippen LogP contribution in [0.5, 0.6) is 5.75 Å². The average Bonchev–Trinajstić information content (AvgIpc) is 3.17. The number of carbonyl (C=O) groups excluding carboxylic acids is 1. The van der Waals surface area contributed by atoms with Gasteiger partial charge in [-0.15, -0.1) is 0 Å². The molecule has 3 aromatic carbocycles. The van der Waals surface area contributed by atoms with Gasteiger partial charge in [0.15, 0.2) is 0 Å². The second kappa shape index (κ2) is 11.6. The monoisotopic (exact) mass is 522 g/mol. The Morgan fingerprint density at radius 1 is 0.972 bits per heavy atom. The van der Waals surface area contributed by atoms with Gasteiger partial charge >= 0.3 is 0 Å². The van der Waals surface area contributed by atoms with E-state index >= 15 is 0 Å². The van der Waals surface area contributed by atoms with Crippen molar-refractivity contribution in [1.29, 1.82) is 0 Å². The maximum atomic E-state index is 13.1. The third kappa shape index (κ3) is 6.48. The lowest BCUT2D eigenvalue weighted by Gasteiger charge is -2.22. The van der Waals surface area contributed by atoms with Gasteiger partial charge in [0.25, 0.3) is 0 Å². The second-order valence-electron chi connectivity index (χ2n) is 8.77. The molecule has 4 aromatic rings. The third-order valence-corrected chi connectivity index (χ3v) is 6.63. The van der Waals surface area contributed by atoms with Crippen molar-refractivity contribution in [2.24, 2.45) is 0 Å². The molecule has 0 spiro atoms. The molecule has 4 rings (SSSR count). The van der Waals surface area contributed by atoms with Crippen LogP contribution in [-0.2, 0) is 17.6 Å². The van der Waals surface area contributed by atoms with Crippen molar-refractivity contribution in [3.63, 3.8) is 0 Å². The largest absolute Gasteiger partial charge is 0.493 e. The summed E-state index contributed by atoms with van der Waals surface area (Å²) in [6, 6.07) is 20.5. The summed E-state index contributed by atoms with van der Waals surface area (Å²) in [4.78, 5) is 13.1. The molecule has 0 aliphatic rings. The highest BCUT2D eigenvalue weighted by Gasteiger charge is 2.19. The number of hydrogen-bond acceptors (Lipinski definition) is 4. The zero-order chi connectivity index (χ0) is 25.7. The molecule has 1 heterocycles. The van der Waals surface area contributed by atoms with Gasteiger partial charge in [0.05, 0.1) is 24.8 Å². The highest BCUT2D eigenvalue weighted by molar-refractivity contribution is 6.30. The predicted molar refractivity (Wildman–Crippen MR) is 143 cm³/mol. The summed E-state index contributed by atoms with van der Waals surface area (Å²) in [6.45, 7) is 6.34. The number of carbonyl (C=O) groups is 1. The number of aryl methyl sites for hydroxylation is 3. The van der Waals surface area contributed by atoms with E-state index < -0.39 is 0 Å². The SMILES string of the molecule is Cc1cc(Cl)ccc1C(NC(=O)Cc1ccc(OCCc2c(C)noc2C)cc1)c1ccc(Cl)cc1. The van der Waals surface area contributed by atoms with Crippen LogP contribution in [0.3, 0.4) is 0 Å². The summed E-state index contributed by atoms with van der Waals surface area (Å²) >= 11 is 12.3. The molecule has 0 radical (unpaired) electrons. The van der Waals surface area contributed by atoms with Crippen molar-refractivity contribution in [3.05, 3.63) is 116 Å². The van der Waals surface area contributed by atoms with Gasteiger partial charge in [-0.1, -0.05) is 58.7 Å². The van der Waals surface area contributed by atoms with E-state index in [2.05, 4.69) is 10.5 Å². The number of ether oxygens (including phenoxy) is 1. The van der Waals surface area contributed by atoms with Crippen LogP contribution < -0.4 is 10.1 Å². The Morgan fingerprint density at radius 2 is 1.67 bits per heavy atom. The summed E-state index contributed by atoms with van der Waals surface area (Å²) < 4.78 is 11.1. The molecule has 186 valence electrons. The van der Waals surface area contributed by atoms with Crippen molar-refractivity contribution in [2.45, 2.75) is 39.7 Å². The van der Waals surface area contributed by atoms with Crippen LogP contribution in [0.4, 0.5) is 0 Å². The van der Waals surface area contributed by atoms with Crippen molar-refractivity contribution >= 4 is 29.1 Å². The number of aromatic nitrogens is 1. The number of benzene rings is 3. The van der Waals surface area contributed by atoms with Gasteiger partial charge in [0.1, 0.15) is 11.5 Å². The van der Waals surface area contributed by atoms with E-state index in [4.69, 9.17) is 32.5 Å². The Labute approximate surface area is 221 Å². The number of halogens is 2. The second-order valence-corrected chi connectivity index (χ2v) is 9.65. The molecule has 36 heavy (non-hydrogen) atoms. The quantitative estimate of drug-likeness (QED) is 0.257. The number of rotatable bonds is 9. The van der Waals surface area contributed by atoms with Crippen LogP contribution in [0.25, 0.3) is 0 Å². The van der Waals surface area contributed by atoms with Crippen molar-refractivity contribution < 1.29 is 14.1 Å². The fraction of sp³-hybridized carbons (Fsp3) is 0.241. The van der Waals surface area contributed by atoms with Gasteiger partial charge in [0.2, 0.25) is 5.91 Å². The van der Waals surface area contributed by atoms with Crippen LogP contribution in [0.2, 0.25) is 10.0 Å². The normalized spacial score (nSPS) is 11.8. The highest BCUT2D eigenvalue weighted by Crippen LogP contribution is 2.28. The van der Waals surface area contributed by atoms with Crippen LogP contribution >= 0.6 is 23.2 Å². The summed E-state index contributed by atoms with van der Waals surface area (Å²) in [5.74, 6) is 1.49. The van der Waals surface area contributed by atoms with Crippen molar-refractivity contribution in [3.8, 4) is 5.75 Å². The molecule has 0 saturated heterocycles. The van der Waals surface area contributed by atoms with Gasteiger partial charge in [-0.25, -0.2) is 0 Å². The minimum Gasteiger partial charge on any atom is -0.493 e. The molecular weight excluding hydrogens is 495 g/mol. The Hall–Kier alpha value is -3.28. The number of amides is 1. The van der Waals surface area contributed by atoms with E-state index in [-0.39, 0.29) is 18.4 Å².